The fourth-order valence-electron chi connectivity index (χ4n) is 4.59. The number of nitrogens with one attached hydrogen (secondary N) is 1. The van der Waals surface area contributed by atoms with Crippen molar-refractivity contribution < 1.29 is 14.4 Å². The smallest absolute Gasteiger partial charge is 0.323 e. The van der Waals surface area contributed by atoms with Crippen LogP contribution in [0.3, 0.4) is 0 Å². The summed E-state index contributed by atoms with van der Waals surface area (Å²) in [7, 11) is 0. The number of fused-ring (bicyclic) bond motifs is 1. The van der Waals surface area contributed by atoms with Crippen LogP contribution in [0.2, 0.25) is 0 Å². The second kappa shape index (κ2) is 6.41. The molecule has 1 saturated heterocycles. The van der Waals surface area contributed by atoms with E-state index in [9.17, 15) is 14.4 Å². The number of carbonyl (C=O) groups excluding carboxylic acids is 3. The van der Waals surface area contributed by atoms with Crippen molar-refractivity contribution in [2.24, 2.45) is 0 Å². The number of hydrogen-bond donors (Lipinski definition) is 1. The lowest BCUT2D eigenvalue weighted by Gasteiger charge is -2.34. The van der Waals surface area contributed by atoms with E-state index in [4.69, 9.17) is 0 Å². The summed E-state index contributed by atoms with van der Waals surface area (Å²) in [5.41, 5.74) is 1.25. The Balaban J connectivity index is 1.58. The van der Waals surface area contributed by atoms with Crippen LogP contribution in [0.5, 0.6) is 0 Å². The van der Waals surface area contributed by atoms with Gasteiger partial charge in [0.1, 0.15) is 11.6 Å². The monoisotopic (exact) mass is 355 g/mol. The highest BCUT2D eigenvalue weighted by Gasteiger charge is 2.54. The Morgan fingerprint density at radius 1 is 1.12 bits per heavy atom. The van der Waals surface area contributed by atoms with Gasteiger partial charge in [0.05, 0.1) is 0 Å². The first-order valence-electron chi connectivity index (χ1n) is 9.59. The van der Waals surface area contributed by atoms with Crippen molar-refractivity contribution in [3.8, 4) is 0 Å². The number of rotatable bonds is 2. The van der Waals surface area contributed by atoms with E-state index in [-0.39, 0.29) is 11.8 Å². The lowest BCUT2D eigenvalue weighted by atomic mass is 9.81. The van der Waals surface area contributed by atoms with Gasteiger partial charge in [-0.3, -0.25) is 9.59 Å². The summed E-state index contributed by atoms with van der Waals surface area (Å²) in [5.74, 6) is -0.415. The van der Waals surface area contributed by atoms with Crippen LogP contribution in [0.25, 0.3) is 0 Å². The molecule has 1 saturated carbocycles. The van der Waals surface area contributed by atoms with Gasteiger partial charge in [-0.2, -0.15) is 0 Å². The number of benzene rings is 1. The molecule has 0 unspecified atom stereocenters. The predicted octanol–water partition coefficient (Wildman–Crippen LogP) is 2.61. The highest BCUT2D eigenvalue weighted by atomic mass is 16.2. The van der Waals surface area contributed by atoms with Crippen LogP contribution in [-0.4, -0.2) is 40.9 Å². The molecule has 6 nitrogen and oxygen atoms in total. The number of imide groups is 1. The number of hydrogen-bond acceptors (Lipinski definition) is 3. The zero-order valence-electron chi connectivity index (χ0n) is 15.2. The molecule has 138 valence electrons. The average Bonchev–Trinajstić information content (AvgIpc) is 2.90. The summed E-state index contributed by atoms with van der Waals surface area (Å²) in [5, 5.41) is 2.89. The summed E-state index contributed by atoms with van der Waals surface area (Å²) >= 11 is 0. The molecule has 1 aromatic rings. The Labute approximate surface area is 153 Å². The summed E-state index contributed by atoms with van der Waals surface area (Å²) in [6.45, 7) is 2.29. The molecule has 0 bridgehead atoms. The summed E-state index contributed by atoms with van der Waals surface area (Å²) in [6, 6.07) is 6.64. The molecule has 6 heteroatoms. The van der Waals surface area contributed by atoms with Crippen molar-refractivity contribution in [1.29, 1.82) is 0 Å². The second-order valence-electron chi connectivity index (χ2n) is 7.65. The van der Waals surface area contributed by atoms with E-state index in [0.29, 0.717) is 19.4 Å². The number of urea groups is 1. The average molecular weight is 355 g/mol. The molecule has 0 aromatic heterocycles. The molecule has 1 aliphatic carbocycles. The van der Waals surface area contributed by atoms with Crippen molar-refractivity contribution in [2.75, 3.05) is 11.4 Å². The summed E-state index contributed by atoms with van der Waals surface area (Å²) in [6.07, 6.45) is 6.12. The van der Waals surface area contributed by atoms with E-state index in [0.717, 1.165) is 48.3 Å². The van der Waals surface area contributed by atoms with E-state index < -0.39 is 17.6 Å². The molecular weight excluding hydrogens is 330 g/mol. The second-order valence-corrected chi connectivity index (χ2v) is 7.65. The number of carbonyl (C=O) groups is 3. The van der Waals surface area contributed by atoms with Gasteiger partial charge in [0, 0.05) is 12.2 Å². The largest absolute Gasteiger partial charge is 0.325 e. The van der Waals surface area contributed by atoms with Crippen LogP contribution in [0.15, 0.2) is 24.3 Å². The van der Waals surface area contributed by atoms with Crippen molar-refractivity contribution in [1.82, 2.24) is 10.2 Å². The quantitative estimate of drug-likeness (QED) is 0.829. The van der Waals surface area contributed by atoms with E-state index >= 15 is 0 Å². The molecule has 26 heavy (non-hydrogen) atoms. The van der Waals surface area contributed by atoms with Crippen LogP contribution in [0.1, 0.15) is 51.0 Å². The Kier molecular flexibility index (Phi) is 4.21. The van der Waals surface area contributed by atoms with E-state index in [1.54, 1.807) is 11.8 Å². The third-order valence-electron chi connectivity index (χ3n) is 6.02. The van der Waals surface area contributed by atoms with E-state index in [1.165, 1.54) is 0 Å². The number of anilines is 1. The van der Waals surface area contributed by atoms with Crippen LogP contribution in [0, 0.1) is 0 Å². The molecule has 2 aliphatic heterocycles. The summed E-state index contributed by atoms with van der Waals surface area (Å²) in [4.78, 5) is 41.6. The SMILES string of the molecule is C[C@H](C(=O)N1CCCc2ccccc21)N1C(=O)NC2(CCCCC2)C1=O. The van der Waals surface area contributed by atoms with Crippen LogP contribution < -0.4 is 10.2 Å². The minimum Gasteiger partial charge on any atom is -0.323 e. The topological polar surface area (TPSA) is 69.7 Å². The molecule has 1 spiro atoms. The standard InChI is InChI=1S/C20H25N3O3/c1-14(17(24)22-13-7-9-15-8-3-4-10-16(15)22)23-18(25)20(21-19(23)26)11-5-2-6-12-20/h3-4,8,10,14H,2,5-7,9,11-13H2,1H3,(H,21,26)/t14-/m1/s1. The maximum atomic E-state index is 13.2. The molecule has 4 rings (SSSR count). The fraction of sp³-hybridized carbons (Fsp3) is 0.550. The third-order valence-corrected chi connectivity index (χ3v) is 6.02. The first kappa shape index (κ1) is 17.1. The van der Waals surface area contributed by atoms with Gasteiger partial charge >= 0.3 is 6.03 Å². The normalized spacial score (nSPS) is 23.0. The zero-order valence-corrected chi connectivity index (χ0v) is 15.2. The number of aryl methyl sites for hydroxylation is 1. The van der Waals surface area contributed by atoms with Gasteiger partial charge in [-0.1, -0.05) is 37.5 Å². The molecule has 2 fully saturated rings. The summed E-state index contributed by atoms with van der Waals surface area (Å²) < 4.78 is 0. The molecule has 1 atom stereocenters. The fourth-order valence-corrected chi connectivity index (χ4v) is 4.59. The van der Waals surface area contributed by atoms with Gasteiger partial charge in [-0.05, 0) is 44.2 Å². The van der Waals surface area contributed by atoms with Crippen molar-refractivity contribution in [3.05, 3.63) is 29.8 Å². The predicted molar refractivity (Wildman–Crippen MR) is 97.8 cm³/mol. The van der Waals surface area contributed by atoms with Gasteiger partial charge in [0.25, 0.3) is 5.91 Å². The lowest BCUT2D eigenvalue weighted by molar-refractivity contribution is -0.137. The molecule has 2 heterocycles. The highest BCUT2D eigenvalue weighted by molar-refractivity contribution is 6.11. The zero-order chi connectivity index (χ0) is 18.3. The van der Waals surface area contributed by atoms with Gasteiger partial charge in [0.15, 0.2) is 0 Å². The maximum Gasteiger partial charge on any atom is 0.325 e. The van der Waals surface area contributed by atoms with Crippen LogP contribution >= 0.6 is 0 Å². The molecule has 1 aromatic carbocycles. The first-order chi connectivity index (χ1) is 12.5. The Morgan fingerprint density at radius 3 is 2.62 bits per heavy atom. The number of nitrogens with zero attached hydrogens (tertiary/aromatic N) is 2. The highest BCUT2D eigenvalue weighted by Crippen LogP contribution is 2.35. The molecule has 1 N–H and O–H groups in total. The van der Waals surface area contributed by atoms with Gasteiger partial charge in [-0.15, -0.1) is 0 Å². The Hall–Kier alpha value is -2.37. The minimum absolute atomic E-state index is 0.187. The third kappa shape index (κ3) is 2.59. The van der Waals surface area contributed by atoms with Gasteiger partial charge in [-0.25, -0.2) is 9.69 Å². The van der Waals surface area contributed by atoms with Crippen LogP contribution in [0.4, 0.5) is 10.5 Å². The van der Waals surface area contributed by atoms with Crippen molar-refractivity contribution in [2.45, 2.75) is 63.5 Å². The molecule has 3 aliphatic rings. The first-order valence-corrected chi connectivity index (χ1v) is 9.59. The lowest BCUT2D eigenvalue weighted by Crippen LogP contribution is -2.53. The van der Waals surface area contributed by atoms with E-state index in [2.05, 4.69) is 5.32 Å². The van der Waals surface area contributed by atoms with E-state index in [1.807, 2.05) is 24.3 Å². The minimum atomic E-state index is -0.796. The van der Waals surface area contributed by atoms with Crippen molar-refractivity contribution >= 4 is 23.5 Å². The van der Waals surface area contributed by atoms with Gasteiger partial charge in [0.2, 0.25) is 5.91 Å². The Morgan fingerprint density at radius 2 is 1.85 bits per heavy atom. The number of amides is 4. The van der Waals surface area contributed by atoms with Gasteiger partial charge < -0.3 is 10.2 Å². The van der Waals surface area contributed by atoms with Crippen molar-refractivity contribution in [3.63, 3.8) is 0 Å². The number of para-hydroxylation sites is 1. The molecular formula is C20H25N3O3. The van der Waals surface area contributed by atoms with Crippen LogP contribution in [-0.2, 0) is 16.0 Å². The molecule has 0 radical (unpaired) electrons. The molecule has 4 amide bonds. The Bertz CT molecular complexity index is 754. The maximum absolute atomic E-state index is 13.2.